The third-order valence-corrected chi connectivity index (χ3v) is 3.49. The van der Waals surface area contributed by atoms with Crippen LogP contribution in [0.15, 0.2) is 0 Å². The minimum atomic E-state index is 0.0605. The number of nitrogens with one attached hydrogen (secondary N) is 1. The Labute approximate surface area is 88.5 Å². The monoisotopic (exact) mass is 199 g/mol. The molecule has 0 aliphatic rings. The van der Waals surface area contributed by atoms with E-state index in [0.29, 0.717) is 0 Å². The third kappa shape index (κ3) is 3.69. The molecule has 0 aliphatic heterocycles. The number of rotatable bonds is 5. The van der Waals surface area contributed by atoms with Crippen LogP contribution in [0.3, 0.4) is 0 Å². The SMILES string of the molecule is CCCC(C)(C)C(C)(C)CNC(C)=O. The van der Waals surface area contributed by atoms with Gasteiger partial charge in [0.05, 0.1) is 0 Å². The molecule has 0 aromatic carbocycles. The van der Waals surface area contributed by atoms with Crippen LogP contribution >= 0.6 is 0 Å². The highest BCUT2D eigenvalue weighted by atomic mass is 16.1. The first-order chi connectivity index (χ1) is 6.23. The summed E-state index contributed by atoms with van der Waals surface area (Å²) in [6.45, 7) is 13.5. The Kier molecular flexibility index (Phi) is 4.63. The van der Waals surface area contributed by atoms with Crippen molar-refractivity contribution in [1.82, 2.24) is 5.32 Å². The quantitative estimate of drug-likeness (QED) is 0.724. The summed E-state index contributed by atoms with van der Waals surface area (Å²) < 4.78 is 0. The van der Waals surface area contributed by atoms with Gasteiger partial charge in [0.1, 0.15) is 0 Å². The van der Waals surface area contributed by atoms with E-state index < -0.39 is 0 Å². The van der Waals surface area contributed by atoms with E-state index in [9.17, 15) is 4.79 Å². The van der Waals surface area contributed by atoms with Crippen molar-refractivity contribution in [1.29, 1.82) is 0 Å². The van der Waals surface area contributed by atoms with Gasteiger partial charge in [0.2, 0.25) is 5.91 Å². The van der Waals surface area contributed by atoms with Gasteiger partial charge in [-0.3, -0.25) is 4.79 Å². The van der Waals surface area contributed by atoms with Gasteiger partial charge in [-0.2, -0.15) is 0 Å². The first-order valence-electron chi connectivity index (χ1n) is 5.47. The lowest BCUT2D eigenvalue weighted by Crippen LogP contribution is -2.42. The predicted octanol–water partition coefficient (Wildman–Crippen LogP) is 2.98. The minimum Gasteiger partial charge on any atom is -0.356 e. The first kappa shape index (κ1) is 13.5. The Morgan fingerprint density at radius 2 is 1.64 bits per heavy atom. The lowest BCUT2D eigenvalue weighted by Gasteiger charge is -2.42. The summed E-state index contributed by atoms with van der Waals surface area (Å²) in [7, 11) is 0. The molecule has 0 spiro atoms. The molecule has 0 aliphatic carbocycles. The van der Waals surface area contributed by atoms with Crippen molar-refractivity contribution < 1.29 is 4.79 Å². The van der Waals surface area contributed by atoms with Crippen molar-refractivity contribution in [3.63, 3.8) is 0 Å². The number of carbonyl (C=O) groups excluding carboxylic acids is 1. The second kappa shape index (κ2) is 4.81. The van der Waals surface area contributed by atoms with Gasteiger partial charge in [0.15, 0.2) is 0 Å². The molecular weight excluding hydrogens is 174 g/mol. The molecule has 0 aromatic rings. The summed E-state index contributed by atoms with van der Waals surface area (Å²) in [5, 5.41) is 2.91. The van der Waals surface area contributed by atoms with Crippen molar-refractivity contribution in [2.75, 3.05) is 6.54 Å². The van der Waals surface area contributed by atoms with E-state index in [-0.39, 0.29) is 16.7 Å². The number of carbonyl (C=O) groups is 1. The molecule has 0 atom stereocenters. The molecule has 0 unspecified atom stereocenters. The molecule has 0 fully saturated rings. The van der Waals surface area contributed by atoms with Crippen LogP contribution in [-0.4, -0.2) is 12.5 Å². The zero-order valence-corrected chi connectivity index (χ0v) is 10.5. The Hall–Kier alpha value is -0.530. The van der Waals surface area contributed by atoms with E-state index in [1.54, 1.807) is 6.92 Å². The van der Waals surface area contributed by atoms with Crippen LogP contribution in [0.4, 0.5) is 0 Å². The Balaban J connectivity index is 4.34. The van der Waals surface area contributed by atoms with Gasteiger partial charge in [-0.15, -0.1) is 0 Å². The van der Waals surface area contributed by atoms with Crippen LogP contribution in [0.1, 0.15) is 54.4 Å². The molecule has 0 saturated heterocycles. The van der Waals surface area contributed by atoms with Gasteiger partial charge in [-0.25, -0.2) is 0 Å². The highest BCUT2D eigenvalue weighted by Crippen LogP contribution is 2.41. The number of amides is 1. The topological polar surface area (TPSA) is 29.1 Å². The summed E-state index contributed by atoms with van der Waals surface area (Å²) in [6.07, 6.45) is 2.39. The molecule has 14 heavy (non-hydrogen) atoms. The lowest BCUT2D eigenvalue weighted by atomic mass is 9.65. The molecule has 0 heterocycles. The molecule has 0 bridgehead atoms. The zero-order valence-electron chi connectivity index (χ0n) is 10.5. The van der Waals surface area contributed by atoms with Crippen LogP contribution in [-0.2, 0) is 4.79 Å². The van der Waals surface area contributed by atoms with Gasteiger partial charge in [0.25, 0.3) is 0 Å². The zero-order chi connectivity index (χ0) is 11.4. The molecule has 0 aromatic heterocycles. The lowest BCUT2D eigenvalue weighted by molar-refractivity contribution is -0.119. The Bertz CT molecular complexity index is 194. The maximum Gasteiger partial charge on any atom is 0.216 e. The normalized spacial score (nSPS) is 12.7. The average molecular weight is 199 g/mol. The fraction of sp³-hybridized carbons (Fsp3) is 0.917. The van der Waals surface area contributed by atoms with E-state index in [1.807, 2.05) is 0 Å². The van der Waals surface area contributed by atoms with Crippen LogP contribution < -0.4 is 5.32 Å². The maximum atomic E-state index is 10.9. The fourth-order valence-electron chi connectivity index (χ4n) is 1.55. The largest absolute Gasteiger partial charge is 0.356 e. The number of hydrogen-bond acceptors (Lipinski definition) is 1. The minimum absolute atomic E-state index is 0.0605. The maximum absolute atomic E-state index is 10.9. The highest BCUT2D eigenvalue weighted by Gasteiger charge is 2.35. The van der Waals surface area contributed by atoms with Gasteiger partial charge >= 0.3 is 0 Å². The molecule has 2 heteroatoms. The summed E-state index contributed by atoms with van der Waals surface area (Å²) in [5.41, 5.74) is 0.416. The van der Waals surface area contributed by atoms with E-state index in [1.165, 1.54) is 12.8 Å². The molecule has 0 rings (SSSR count). The van der Waals surface area contributed by atoms with Crippen LogP contribution in [0, 0.1) is 10.8 Å². The van der Waals surface area contributed by atoms with E-state index in [0.717, 1.165) is 6.54 Å². The second-order valence-electron chi connectivity index (χ2n) is 5.43. The first-order valence-corrected chi connectivity index (χ1v) is 5.47. The molecular formula is C12H25NO. The second-order valence-corrected chi connectivity index (χ2v) is 5.43. The average Bonchev–Trinajstić information content (AvgIpc) is 2.00. The van der Waals surface area contributed by atoms with Gasteiger partial charge in [-0.05, 0) is 17.3 Å². The summed E-state index contributed by atoms with van der Waals surface area (Å²) in [5.74, 6) is 0.0605. The molecule has 1 N–H and O–H groups in total. The van der Waals surface area contributed by atoms with Crippen molar-refractivity contribution >= 4 is 5.91 Å². The highest BCUT2D eigenvalue weighted by molar-refractivity contribution is 5.72. The summed E-state index contributed by atoms with van der Waals surface area (Å²) >= 11 is 0. The van der Waals surface area contributed by atoms with Crippen LogP contribution in [0.2, 0.25) is 0 Å². The third-order valence-electron chi connectivity index (χ3n) is 3.49. The smallest absolute Gasteiger partial charge is 0.216 e. The van der Waals surface area contributed by atoms with E-state index in [4.69, 9.17) is 0 Å². The summed E-state index contributed by atoms with van der Waals surface area (Å²) in [6, 6.07) is 0. The summed E-state index contributed by atoms with van der Waals surface area (Å²) in [4.78, 5) is 10.9. The predicted molar refractivity (Wildman–Crippen MR) is 61.2 cm³/mol. The van der Waals surface area contributed by atoms with Crippen molar-refractivity contribution in [3.05, 3.63) is 0 Å². The van der Waals surface area contributed by atoms with Crippen molar-refractivity contribution in [2.24, 2.45) is 10.8 Å². The molecule has 0 radical (unpaired) electrons. The van der Waals surface area contributed by atoms with Crippen LogP contribution in [0.25, 0.3) is 0 Å². The van der Waals surface area contributed by atoms with Crippen molar-refractivity contribution in [2.45, 2.75) is 54.4 Å². The fourth-order valence-corrected chi connectivity index (χ4v) is 1.55. The molecule has 2 nitrogen and oxygen atoms in total. The molecule has 0 saturated carbocycles. The van der Waals surface area contributed by atoms with E-state index in [2.05, 4.69) is 39.9 Å². The van der Waals surface area contributed by atoms with Gasteiger partial charge in [0, 0.05) is 13.5 Å². The molecule has 84 valence electrons. The van der Waals surface area contributed by atoms with Gasteiger partial charge in [-0.1, -0.05) is 41.0 Å². The van der Waals surface area contributed by atoms with Crippen molar-refractivity contribution in [3.8, 4) is 0 Å². The molecule has 1 amide bonds. The van der Waals surface area contributed by atoms with Gasteiger partial charge < -0.3 is 5.32 Å². The van der Waals surface area contributed by atoms with E-state index >= 15 is 0 Å². The Morgan fingerprint density at radius 1 is 1.14 bits per heavy atom. The Morgan fingerprint density at radius 3 is 2.00 bits per heavy atom. The number of hydrogen-bond donors (Lipinski definition) is 1. The standard InChI is InChI=1S/C12H25NO/c1-7-8-11(3,4)12(5,6)9-13-10(2)14/h7-9H2,1-6H3,(H,13,14). The van der Waals surface area contributed by atoms with Crippen LogP contribution in [0.5, 0.6) is 0 Å².